The Kier molecular flexibility index (Phi) is 4.27. The van der Waals surface area contributed by atoms with E-state index in [1.807, 2.05) is 30.3 Å². The van der Waals surface area contributed by atoms with Crippen molar-refractivity contribution in [2.24, 2.45) is 0 Å². The maximum atomic E-state index is 12.5. The van der Waals surface area contributed by atoms with Crippen molar-refractivity contribution in [3.05, 3.63) is 63.1 Å². The lowest BCUT2D eigenvalue weighted by Gasteiger charge is -2.29. The van der Waals surface area contributed by atoms with Crippen LogP contribution in [-0.4, -0.2) is 30.1 Å². The van der Waals surface area contributed by atoms with Crippen LogP contribution in [0, 0.1) is 0 Å². The van der Waals surface area contributed by atoms with Gasteiger partial charge in [0, 0.05) is 17.7 Å². The Morgan fingerprint density at radius 2 is 2.11 bits per heavy atom. The second-order valence-corrected chi connectivity index (χ2v) is 6.27. The molecule has 27 heavy (non-hydrogen) atoms. The first-order valence-corrected chi connectivity index (χ1v) is 8.64. The molecule has 0 amide bonds. The van der Waals surface area contributed by atoms with Crippen LogP contribution in [0.5, 0.6) is 11.5 Å². The number of esters is 2. The monoisotopic (exact) mass is 367 g/mol. The average Bonchev–Trinajstić information content (AvgIpc) is 2.67. The number of hydrogen-bond donors (Lipinski definition) is 1. The van der Waals surface area contributed by atoms with Gasteiger partial charge in [-0.25, -0.2) is 4.79 Å². The third kappa shape index (κ3) is 3.01. The molecule has 2 aliphatic heterocycles. The third-order valence-corrected chi connectivity index (χ3v) is 4.61. The van der Waals surface area contributed by atoms with E-state index in [1.54, 1.807) is 6.92 Å². The molecule has 0 spiro atoms. The summed E-state index contributed by atoms with van der Waals surface area (Å²) in [5, 5.41) is 0. The Morgan fingerprint density at radius 3 is 2.93 bits per heavy atom. The largest absolute Gasteiger partial charge is 0.489 e. The van der Waals surface area contributed by atoms with E-state index in [2.05, 4.69) is 4.98 Å². The Morgan fingerprint density at radius 1 is 1.30 bits per heavy atom. The fourth-order valence-corrected chi connectivity index (χ4v) is 3.39. The molecule has 1 N–H and O–H groups in total. The summed E-state index contributed by atoms with van der Waals surface area (Å²) in [6, 6.07) is 7.52. The van der Waals surface area contributed by atoms with E-state index in [1.165, 1.54) is 6.20 Å². The number of hydrogen-bond acceptors (Lipinski definition) is 6. The van der Waals surface area contributed by atoms with Gasteiger partial charge in [-0.15, -0.1) is 0 Å². The van der Waals surface area contributed by atoms with Gasteiger partial charge in [-0.3, -0.25) is 9.59 Å². The molecule has 0 aliphatic carbocycles. The number of rotatable bonds is 3. The van der Waals surface area contributed by atoms with Crippen LogP contribution in [0.4, 0.5) is 0 Å². The minimum absolute atomic E-state index is 0.000279. The lowest BCUT2D eigenvalue weighted by molar-refractivity contribution is -0.135. The van der Waals surface area contributed by atoms with Crippen molar-refractivity contribution >= 4 is 18.0 Å². The zero-order valence-electron chi connectivity index (χ0n) is 14.6. The van der Waals surface area contributed by atoms with Crippen LogP contribution >= 0.6 is 0 Å². The highest BCUT2D eigenvalue weighted by molar-refractivity contribution is 5.95. The Bertz CT molecular complexity index is 1020. The van der Waals surface area contributed by atoms with E-state index < -0.39 is 23.4 Å². The van der Waals surface area contributed by atoms with E-state index in [0.717, 1.165) is 16.9 Å². The first-order chi connectivity index (χ1) is 13.1. The summed E-state index contributed by atoms with van der Waals surface area (Å²) in [5.41, 5.74) is 1.52. The molecule has 4 rings (SSSR count). The minimum Gasteiger partial charge on any atom is -0.489 e. The Labute approximate surface area is 154 Å². The predicted octanol–water partition coefficient (Wildman–Crippen LogP) is 2.42. The van der Waals surface area contributed by atoms with Crippen molar-refractivity contribution in [2.75, 3.05) is 13.2 Å². The average molecular weight is 367 g/mol. The van der Waals surface area contributed by atoms with Crippen LogP contribution in [0.3, 0.4) is 0 Å². The molecule has 1 aromatic heterocycles. The van der Waals surface area contributed by atoms with Gasteiger partial charge >= 0.3 is 11.9 Å². The van der Waals surface area contributed by atoms with Gasteiger partial charge in [0.05, 0.1) is 18.6 Å². The normalized spacial score (nSPS) is 17.7. The molecule has 1 aromatic carbocycles. The van der Waals surface area contributed by atoms with Gasteiger partial charge in [0.25, 0.3) is 5.56 Å². The number of benzene rings is 1. The zero-order chi connectivity index (χ0) is 19.0. The zero-order valence-corrected chi connectivity index (χ0v) is 14.6. The molecule has 1 unspecified atom stereocenters. The van der Waals surface area contributed by atoms with Crippen molar-refractivity contribution in [1.82, 2.24) is 4.98 Å². The lowest BCUT2D eigenvalue weighted by Crippen LogP contribution is -2.31. The first kappa shape index (κ1) is 17.1. The summed E-state index contributed by atoms with van der Waals surface area (Å²) < 4.78 is 16.1. The topological polar surface area (TPSA) is 94.7 Å². The van der Waals surface area contributed by atoms with Crippen LogP contribution in [0.25, 0.3) is 6.08 Å². The Hall–Kier alpha value is -3.35. The van der Waals surface area contributed by atoms with Crippen LogP contribution in [-0.2, 0) is 9.53 Å². The number of aromatic nitrogens is 1. The van der Waals surface area contributed by atoms with Crippen molar-refractivity contribution in [1.29, 1.82) is 0 Å². The molecular weight excluding hydrogens is 350 g/mol. The lowest BCUT2D eigenvalue weighted by atomic mass is 9.84. The molecule has 2 aliphatic rings. The number of aromatic amines is 1. The summed E-state index contributed by atoms with van der Waals surface area (Å²) in [7, 11) is 0. The van der Waals surface area contributed by atoms with Crippen LogP contribution < -0.4 is 15.0 Å². The second kappa shape index (κ2) is 6.75. The van der Waals surface area contributed by atoms with Crippen LogP contribution in [0.1, 0.15) is 40.7 Å². The number of pyridine rings is 1. The number of para-hydroxylation sites is 1. The van der Waals surface area contributed by atoms with Gasteiger partial charge < -0.3 is 19.2 Å². The molecule has 0 bridgehead atoms. The molecule has 138 valence electrons. The van der Waals surface area contributed by atoms with Crippen LogP contribution in [0.2, 0.25) is 0 Å². The highest BCUT2D eigenvalue weighted by atomic mass is 16.5. The first-order valence-electron chi connectivity index (χ1n) is 8.64. The van der Waals surface area contributed by atoms with Crippen molar-refractivity contribution < 1.29 is 23.8 Å². The van der Waals surface area contributed by atoms with Gasteiger partial charge in [0.2, 0.25) is 0 Å². The van der Waals surface area contributed by atoms with Gasteiger partial charge in [-0.05, 0) is 24.6 Å². The summed E-state index contributed by atoms with van der Waals surface area (Å²) in [6.45, 7) is 2.09. The summed E-state index contributed by atoms with van der Waals surface area (Å²) in [5.74, 6) is -0.985. The quantitative estimate of drug-likeness (QED) is 0.837. The number of ether oxygens (including phenoxy) is 3. The number of fused-ring (bicyclic) bond motifs is 2. The van der Waals surface area contributed by atoms with Gasteiger partial charge in [-0.1, -0.05) is 18.2 Å². The standard InChI is InChI=1S/C20H17NO6/c1-2-25-20(24)14-9-21-19(23)17-13(8-16(22)27-18(14)17)12-7-11-5-3-4-6-15(11)26-10-12/h3-7,9,13H,2,8,10H2,1H3,(H,21,23). The molecule has 0 radical (unpaired) electrons. The number of H-pyrrole nitrogens is 1. The van der Waals surface area contributed by atoms with Gasteiger partial charge in [0.1, 0.15) is 17.9 Å². The maximum Gasteiger partial charge on any atom is 0.343 e. The molecule has 2 aromatic rings. The number of carbonyl (C=O) groups is 2. The smallest absolute Gasteiger partial charge is 0.343 e. The van der Waals surface area contributed by atoms with Gasteiger partial charge in [-0.2, -0.15) is 0 Å². The number of nitrogens with one attached hydrogen (secondary N) is 1. The van der Waals surface area contributed by atoms with E-state index in [4.69, 9.17) is 14.2 Å². The summed E-state index contributed by atoms with van der Waals surface area (Å²) in [4.78, 5) is 39.5. The summed E-state index contributed by atoms with van der Waals surface area (Å²) in [6.07, 6.45) is 3.14. The Balaban J connectivity index is 1.84. The van der Waals surface area contributed by atoms with E-state index in [9.17, 15) is 14.4 Å². The van der Waals surface area contributed by atoms with Crippen molar-refractivity contribution in [2.45, 2.75) is 19.3 Å². The molecule has 0 fully saturated rings. The summed E-state index contributed by atoms with van der Waals surface area (Å²) >= 11 is 0. The number of carbonyl (C=O) groups excluding carboxylic acids is 2. The minimum atomic E-state index is -0.655. The van der Waals surface area contributed by atoms with Gasteiger partial charge in [0.15, 0.2) is 5.75 Å². The van der Waals surface area contributed by atoms with Crippen LogP contribution in [0.15, 0.2) is 40.8 Å². The molecule has 0 saturated heterocycles. The molecule has 3 heterocycles. The van der Waals surface area contributed by atoms with E-state index in [-0.39, 0.29) is 36.5 Å². The molecule has 1 atom stereocenters. The van der Waals surface area contributed by atoms with E-state index >= 15 is 0 Å². The molecule has 7 nitrogen and oxygen atoms in total. The van der Waals surface area contributed by atoms with Crippen molar-refractivity contribution in [3.63, 3.8) is 0 Å². The third-order valence-electron chi connectivity index (χ3n) is 4.61. The maximum absolute atomic E-state index is 12.5. The second-order valence-electron chi connectivity index (χ2n) is 6.27. The fraction of sp³-hybridized carbons (Fsp3) is 0.250. The van der Waals surface area contributed by atoms with E-state index in [0.29, 0.717) is 0 Å². The highest BCUT2D eigenvalue weighted by Gasteiger charge is 2.36. The molecule has 7 heteroatoms. The molecular formula is C20H17NO6. The van der Waals surface area contributed by atoms with Crippen molar-refractivity contribution in [3.8, 4) is 11.5 Å². The highest BCUT2D eigenvalue weighted by Crippen LogP contribution is 2.41. The predicted molar refractivity (Wildman–Crippen MR) is 95.9 cm³/mol. The molecule has 0 saturated carbocycles. The SMILES string of the molecule is CCOC(=O)c1c[nH]c(=O)c2c1OC(=O)CC2C1=Cc2ccccc2OC1. The fourth-order valence-electron chi connectivity index (χ4n) is 3.39.